The van der Waals surface area contributed by atoms with Crippen molar-refractivity contribution in [1.29, 1.82) is 0 Å². The minimum atomic E-state index is -0.287. The van der Waals surface area contributed by atoms with Crippen molar-refractivity contribution >= 4 is 24.2 Å². The number of aliphatic hydroxyl groups is 1. The summed E-state index contributed by atoms with van der Waals surface area (Å²) in [7, 11) is 0. The number of hydrogen-bond donors (Lipinski definition) is 2. The van der Waals surface area contributed by atoms with Crippen LogP contribution >= 0.6 is 12.6 Å². The van der Waals surface area contributed by atoms with Crippen molar-refractivity contribution in [3.63, 3.8) is 0 Å². The number of hydrogen-bond acceptors (Lipinski definition) is 4. The summed E-state index contributed by atoms with van der Waals surface area (Å²) < 4.78 is 0. The van der Waals surface area contributed by atoms with Gasteiger partial charge in [0.2, 0.25) is 0 Å². The SMILES string of the molecule is C[C@H](S)CC(O)=C1C(=O)CC(C)(C)CC1=O. The van der Waals surface area contributed by atoms with E-state index in [1.54, 1.807) is 0 Å². The Hall–Kier alpha value is -0.770. The van der Waals surface area contributed by atoms with Gasteiger partial charge >= 0.3 is 0 Å². The Labute approximate surface area is 101 Å². The van der Waals surface area contributed by atoms with Crippen LogP contribution in [-0.2, 0) is 9.59 Å². The fourth-order valence-electron chi connectivity index (χ4n) is 1.97. The number of carbonyl (C=O) groups excluding carboxylic acids is 2. The van der Waals surface area contributed by atoms with Gasteiger partial charge in [-0.3, -0.25) is 9.59 Å². The van der Waals surface area contributed by atoms with Crippen molar-refractivity contribution in [2.45, 2.75) is 45.3 Å². The average molecular weight is 242 g/mol. The summed E-state index contributed by atoms with van der Waals surface area (Å²) in [6.45, 7) is 5.58. The monoisotopic (exact) mass is 242 g/mol. The van der Waals surface area contributed by atoms with Crippen molar-refractivity contribution in [3.8, 4) is 0 Å². The number of thiol groups is 1. The summed E-state index contributed by atoms with van der Waals surface area (Å²) in [5.74, 6) is -0.589. The Morgan fingerprint density at radius 3 is 2.19 bits per heavy atom. The molecule has 0 bridgehead atoms. The molecular formula is C12H18O3S. The molecule has 0 aliphatic heterocycles. The summed E-state index contributed by atoms with van der Waals surface area (Å²) >= 11 is 4.13. The third-order valence-corrected chi connectivity index (χ3v) is 2.80. The van der Waals surface area contributed by atoms with Crippen molar-refractivity contribution in [1.82, 2.24) is 0 Å². The molecular weight excluding hydrogens is 224 g/mol. The van der Waals surface area contributed by atoms with Crippen LogP contribution in [0.3, 0.4) is 0 Å². The first kappa shape index (κ1) is 13.3. The number of ketones is 2. The zero-order chi connectivity index (χ0) is 12.5. The van der Waals surface area contributed by atoms with Crippen LogP contribution in [0.25, 0.3) is 0 Å². The van der Waals surface area contributed by atoms with E-state index < -0.39 is 0 Å². The topological polar surface area (TPSA) is 54.4 Å². The van der Waals surface area contributed by atoms with Gasteiger partial charge in [-0.15, -0.1) is 0 Å². The van der Waals surface area contributed by atoms with Crippen LogP contribution in [0, 0.1) is 5.41 Å². The molecule has 0 radical (unpaired) electrons. The Bertz CT molecular complexity index is 331. The van der Waals surface area contributed by atoms with Gasteiger partial charge in [0.15, 0.2) is 11.6 Å². The molecule has 90 valence electrons. The first-order chi connectivity index (χ1) is 7.23. The van der Waals surface area contributed by atoms with Crippen LogP contribution in [0.4, 0.5) is 0 Å². The Morgan fingerprint density at radius 1 is 1.38 bits per heavy atom. The number of carbonyl (C=O) groups is 2. The van der Waals surface area contributed by atoms with Crippen LogP contribution in [0.5, 0.6) is 0 Å². The number of rotatable bonds is 2. The van der Waals surface area contributed by atoms with E-state index in [1.807, 2.05) is 20.8 Å². The van der Waals surface area contributed by atoms with Crippen LogP contribution in [0.2, 0.25) is 0 Å². The zero-order valence-electron chi connectivity index (χ0n) is 9.91. The normalized spacial score (nSPS) is 22.1. The maximum absolute atomic E-state index is 11.8. The van der Waals surface area contributed by atoms with E-state index in [0.717, 1.165) is 0 Å². The molecule has 4 heteroatoms. The van der Waals surface area contributed by atoms with Crippen LogP contribution in [-0.4, -0.2) is 21.9 Å². The molecule has 3 nitrogen and oxygen atoms in total. The van der Waals surface area contributed by atoms with Gasteiger partial charge in [0, 0.05) is 24.5 Å². The van der Waals surface area contributed by atoms with Crippen LogP contribution < -0.4 is 0 Å². The summed E-state index contributed by atoms with van der Waals surface area (Å²) in [4.78, 5) is 23.6. The molecule has 0 unspecified atom stereocenters. The highest BCUT2D eigenvalue weighted by atomic mass is 32.1. The van der Waals surface area contributed by atoms with E-state index >= 15 is 0 Å². The lowest BCUT2D eigenvalue weighted by atomic mass is 9.73. The lowest BCUT2D eigenvalue weighted by molar-refractivity contribution is -0.127. The molecule has 1 saturated carbocycles. The standard InChI is InChI=1S/C12H18O3S/c1-7(16)4-8(13)11-9(14)5-12(2,3)6-10(11)15/h7,13,16H,4-6H2,1-3H3/t7-/m0/s1. The fourth-order valence-corrected chi connectivity index (χ4v) is 2.14. The molecule has 0 amide bonds. The smallest absolute Gasteiger partial charge is 0.170 e. The van der Waals surface area contributed by atoms with Gasteiger partial charge in [0.05, 0.1) is 5.57 Å². The molecule has 1 aliphatic rings. The van der Waals surface area contributed by atoms with Crippen LogP contribution in [0.1, 0.15) is 40.0 Å². The molecule has 0 heterocycles. The van der Waals surface area contributed by atoms with Gasteiger partial charge < -0.3 is 5.11 Å². The number of Topliss-reactive ketones (excluding diaryl/α,β-unsaturated/α-hetero) is 2. The first-order valence-corrected chi connectivity index (χ1v) is 5.91. The summed E-state index contributed by atoms with van der Waals surface area (Å²) in [5, 5.41) is 9.68. The molecule has 1 atom stereocenters. The van der Waals surface area contributed by atoms with Gasteiger partial charge in [0.1, 0.15) is 5.76 Å². The van der Waals surface area contributed by atoms with Crippen molar-refractivity contribution in [2.24, 2.45) is 5.41 Å². The number of allylic oxidation sites excluding steroid dienone is 2. The molecule has 0 aromatic carbocycles. The molecule has 0 saturated heterocycles. The van der Waals surface area contributed by atoms with Crippen molar-refractivity contribution in [3.05, 3.63) is 11.3 Å². The minimum Gasteiger partial charge on any atom is -0.511 e. The predicted molar refractivity (Wildman–Crippen MR) is 65.7 cm³/mol. The quantitative estimate of drug-likeness (QED) is 0.338. The maximum atomic E-state index is 11.8. The van der Waals surface area contributed by atoms with Gasteiger partial charge in [-0.2, -0.15) is 12.6 Å². The van der Waals surface area contributed by atoms with E-state index in [2.05, 4.69) is 12.6 Å². The van der Waals surface area contributed by atoms with Crippen molar-refractivity contribution < 1.29 is 14.7 Å². The van der Waals surface area contributed by atoms with Crippen molar-refractivity contribution in [2.75, 3.05) is 0 Å². The molecule has 0 aromatic heterocycles. The second-order valence-electron chi connectivity index (χ2n) is 5.24. The molecule has 1 aliphatic carbocycles. The highest BCUT2D eigenvalue weighted by molar-refractivity contribution is 7.80. The van der Waals surface area contributed by atoms with Gasteiger partial charge in [-0.05, 0) is 5.41 Å². The van der Waals surface area contributed by atoms with E-state index in [0.29, 0.717) is 12.8 Å². The second kappa shape index (κ2) is 4.62. The first-order valence-electron chi connectivity index (χ1n) is 5.39. The highest BCUT2D eigenvalue weighted by Gasteiger charge is 2.37. The summed E-state index contributed by atoms with van der Waals surface area (Å²) in [6, 6.07) is 0. The van der Waals surface area contributed by atoms with Gasteiger partial charge in [-0.25, -0.2) is 0 Å². The molecule has 16 heavy (non-hydrogen) atoms. The highest BCUT2D eigenvalue weighted by Crippen LogP contribution is 2.34. The lowest BCUT2D eigenvalue weighted by Crippen LogP contribution is -2.32. The molecule has 1 fully saturated rings. The molecule has 0 aromatic rings. The molecule has 0 spiro atoms. The van der Waals surface area contributed by atoms with E-state index in [4.69, 9.17) is 0 Å². The lowest BCUT2D eigenvalue weighted by Gasteiger charge is -2.28. The van der Waals surface area contributed by atoms with Gasteiger partial charge in [0.25, 0.3) is 0 Å². The van der Waals surface area contributed by atoms with E-state index in [1.165, 1.54) is 0 Å². The fraction of sp³-hybridized carbons (Fsp3) is 0.667. The zero-order valence-corrected chi connectivity index (χ0v) is 10.8. The molecule has 1 rings (SSSR count). The minimum absolute atomic E-state index is 0.000208. The Balaban J connectivity index is 2.98. The van der Waals surface area contributed by atoms with E-state index in [-0.39, 0.29) is 40.0 Å². The summed E-state index contributed by atoms with van der Waals surface area (Å²) in [6.07, 6.45) is 0.897. The Kier molecular flexibility index (Phi) is 3.84. The Morgan fingerprint density at radius 2 is 1.81 bits per heavy atom. The maximum Gasteiger partial charge on any atom is 0.170 e. The largest absolute Gasteiger partial charge is 0.511 e. The summed E-state index contributed by atoms with van der Waals surface area (Å²) in [5.41, 5.74) is -0.287. The average Bonchev–Trinajstić information content (AvgIpc) is 1.96. The second-order valence-corrected chi connectivity index (χ2v) is 6.12. The molecule has 1 N–H and O–H groups in total. The third-order valence-electron chi connectivity index (χ3n) is 2.61. The van der Waals surface area contributed by atoms with E-state index in [9.17, 15) is 14.7 Å². The third kappa shape index (κ3) is 3.11. The number of aliphatic hydroxyl groups excluding tert-OH is 1. The predicted octanol–water partition coefficient (Wildman–Crippen LogP) is 2.47. The van der Waals surface area contributed by atoms with Gasteiger partial charge in [-0.1, -0.05) is 20.8 Å². The van der Waals surface area contributed by atoms with Crippen LogP contribution in [0.15, 0.2) is 11.3 Å².